The molecule has 2 aliphatic heterocycles. The summed E-state index contributed by atoms with van der Waals surface area (Å²) < 4.78 is 0. The summed E-state index contributed by atoms with van der Waals surface area (Å²) in [5.41, 5.74) is 3.89. The molecule has 2 heterocycles. The van der Waals surface area contributed by atoms with E-state index >= 15 is 0 Å². The summed E-state index contributed by atoms with van der Waals surface area (Å²) in [6, 6.07) is 7.51. The van der Waals surface area contributed by atoms with Crippen LogP contribution >= 0.6 is 0 Å². The van der Waals surface area contributed by atoms with Crippen LogP contribution in [-0.2, 0) is 4.79 Å². The van der Waals surface area contributed by atoms with Gasteiger partial charge in [-0.1, -0.05) is 18.6 Å². The molecule has 0 saturated carbocycles. The third-order valence-corrected chi connectivity index (χ3v) is 5.11. The minimum Gasteiger partial charge on any atom is -0.288 e. The quantitative estimate of drug-likeness (QED) is 0.833. The highest BCUT2D eigenvalue weighted by Crippen LogP contribution is 2.23. The van der Waals surface area contributed by atoms with Crippen molar-refractivity contribution in [3.8, 4) is 0 Å². The van der Waals surface area contributed by atoms with E-state index in [0.29, 0.717) is 36.1 Å². The van der Waals surface area contributed by atoms with Gasteiger partial charge in [0.15, 0.2) is 0 Å². The molecule has 0 aliphatic carbocycles. The van der Waals surface area contributed by atoms with Crippen LogP contribution in [-0.4, -0.2) is 46.3 Å². The molecule has 1 N–H and O–H groups in total. The average Bonchev–Trinajstić information content (AvgIpc) is 2.84. The Labute approximate surface area is 148 Å². The van der Waals surface area contributed by atoms with Crippen LogP contribution in [0.4, 0.5) is 0 Å². The van der Waals surface area contributed by atoms with Crippen LogP contribution in [0, 0.1) is 0 Å². The summed E-state index contributed by atoms with van der Waals surface area (Å²) >= 11 is 0. The van der Waals surface area contributed by atoms with Crippen molar-refractivity contribution in [3.63, 3.8) is 0 Å². The normalized spacial score (nSPS) is 23.7. The lowest BCUT2D eigenvalue weighted by atomic mass is 10.00. The smallest absolute Gasteiger partial charge is 0.261 e. The van der Waals surface area contributed by atoms with Gasteiger partial charge in [0.2, 0.25) is 5.91 Å². The van der Waals surface area contributed by atoms with Crippen molar-refractivity contribution < 1.29 is 14.4 Å². The Morgan fingerprint density at radius 1 is 1.08 bits per heavy atom. The summed E-state index contributed by atoms with van der Waals surface area (Å²) in [5.74, 6) is -0.587. The second-order valence-electron chi connectivity index (χ2n) is 6.98. The molecule has 1 aromatic carbocycles. The molecule has 0 bridgehead atoms. The van der Waals surface area contributed by atoms with Gasteiger partial charge in [0, 0.05) is 25.0 Å². The molecule has 0 radical (unpaired) electrons. The highest BCUT2D eigenvalue weighted by atomic mass is 16.2. The number of imide groups is 1. The molecule has 0 aromatic heterocycles. The highest BCUT2D eigenvalue weighted by Gasteiger charge is 2.34. The molecule has 6 nitrogen and oxygen atoms in total. The summed E-state index contributed by atoms with van der Waals surface area (Å²) in [4.78, 5) is 38.0. The number of hydrogen-bond acceptors (Lipinski definition) is 4. The van der Waals surface area contributed by atoms with Crippen molar-refractivity contribution in [1.82, 2.24) is 15.3 Å². The van der Waals surface area contributed by atoms with E-state index in [9.17, 15) is 14.4 Å². The maximum absolute atomic E-state index is 12.3. The number of nitrogens with zero attached hydrogens (tertiary/aromatic N) is 2. The maximum atomic E-state index is 12.3. The van der Waals surface area contributed by atoms with Crippen molar-refractivity contribution in [2.45, 2.75) is 58.0 Å². The Hall–Kier alpha value is -2.21. The number of hydrazine groups is 1. The first kappa shape index (κ1) is 17.6. The van der Waals surface area contributed by atoms with Crippen molar-refractivity contribution >= 4 is 17.7 Å². The van der Waals surface area contributed by atoms with Crippen LogP contribution in [0.2, 0.25) is 0 Å². The van der Waals surface area contributed by atoms with E-state index in [1.165, 1.54) is 11.3 Å². The first-order valence-electron chi connectivity index (χ1n) is 9.02. The first-order chi connectivity index (χ1) is 12.0. The van der Waals surface area contributed by atoms with Gasteiger partial charge in [0.25, 0.3) is 11.8 Å². The van der Waals surface area contributed by atoms with E-state index in [0.717, 1.165) is 12.8 Å². The van der Waals surface area contributed by atoms with Crippen molar-refractivity contribution in [1.29, 1.82) is 0 Å². The fourth-order valence-corrected chi connectivity index (χ4v) is 3.68. The molecule has 1 saturated heterocycles. The van der Waals surface area contributed by atoms with Crippen molar-refractivity contribution in [2.24, 2.45) is 0 Å². The van der Waals surface area contributed by atoms with Crippen LogP contribution < -0.4 is 5.43 Å². The third-order valence-electron chi connectivity index (χ3n) is 5.11. The minimum absolute atomic E-state index is 0.0581. The molecule has 0 spiro atoms. The van der Waals surface area contributed by atoms with Gasteiger partial charge in [0.1, 0.15) is 0 Å². The number of hydrogen-bond donors (Lipinski definition) is 1. The number of fused-ring (bicyclic) bond motifs is 1. The van der Waals surface area contributed by atoms with E-state index in [1.807, 2.05) is 5.01 Å². The molecule has 1 aromatic rings. The number of amides is 3. The number of piperidine rings is 1. The second-order valence-corrected chi connectivity index (χ2v) is 6.98. The van der Waals surface area contributed by atoms with E-state index in [2.05, 4.69) is 19.3 Å². The van der Waals surface area contributed by atoms with Crippen LogP contribution in [0.25, 0.3) is 0 Å². The first-order valence-corrected chi connectivity index (χ1v) is 9.02. The Morgan fingerprint density at radius 2 is 1.64 bits per heavy atom. The molecule has 6 heteroatoms. The molecule has 25 heavy (non-hydrogen) atoms. The summed E-state index contributed by atoms with van der Waals surface area (Å²) in [7, 11) is 0. The van der Waals surface area contributed by atoms with Crippen LogP contribution in [0.5, 0.6) is 0 Å². The van der Waals surface area contributed by atoms with Crippen molar-refractivity contribution in [2.75, 3.05) is 6.54 Å². The largest absolute Gasteiger partial charge is 0.288 e. The van der Waals surface area contributed by atoms with Gasteiger partial charge in [0.05, 0.1) is 11.1 Å². The van der Waals surface area contributed by atoms with Gasteiger partial charge in [-0.05, 0) is 45.2 Å². The Kier molecular flexibility index (Phi) is 5.18. The fraction of sp³-hybridized carbons (Fsp3) is 0.526. The Balaban J connectivity index is 1.49. The number of carbonyl (C=O) groups excluding carboxylic acids is 3. The predicted octanol–water partition coefficient (Wildman–Crippen LogP) is 2.36. The van der Waals surface area contributed by atoms with Gasteiger partial charge in [-0.2, -0.15) is 0 Å². The molecule has 134 valence electrons. The predicted molar refractivity (Wildman–Crippen MR) is 93.8 cm³/mol. The van der Waals surface area contributed by atoms with E-state index < -0.39 is 0 Å². The standard InChI is InChI=1S/C19H25N3O3/c1-13-7-5-8-14(2)22(13)20-17(23)11-6-12-21-18(24)15-9-3-4-10-16(15)19(21)25/h3-4,9-10,13-14H,5-8,11-12H2,1-2H3,(H,20,23)/t13-,14+. The monoisotopic (exact) mass is 343 g/mol. The minimum atomic E-state index is -0.265. The van der Waals surface area contributed by atoms with Crippen LogP contribution in [0.15, 0.2) is 24.3 Å². The van der Waals surface area contributed by atoms with Gasteiger partial charge in [-0.25, -0.2) is 5.01 Å². The molecule has 2 aliphatic rings. The molecule has 0 unspecified atom stereocenters. The van der Waals surface area contributed by atoms with Gasteiger partial charge >= 0.3 is 0 Å². The topological polar surface area (TPSA) is 69.7 Å². The SMILES string of the molecule is C[C@@H]1CCC[C@H](C)N1NC(=O)CCCN1C(=O)c2ccccc2C1=O. The molecule has 3 amide bonds. The Morgan fingerprint density at radius 3 is 2.20 bits per heavy atom. The van der Waals surface area contributed by atoms with Crippen LogP contribution in [0.1, 0.15) is 66.7 Å². The third kappa shape index (κ3) is 3.58. The lowest BCUT2D eigenvalue weighted by Gasteiger charge is -2.38. The lowest BCUT2D eigenvalue weighted by molar-refractivity contribution is -0.129. The molecule has 1 fully saturated rings. The molecule has 2 atom stereocenters. The fourth-order valence-electron chi connectivity index (χ4n) is 3.68. The van der Waals surface area contributed by atoms with Crippen molar-refractivity contribution in [3.05, 3.63) is 35.4 Å². The highest BCUT2D eigenvalue weighted by molar-refractivity contribution is 6.21. The lowest BCUT2D eigenvalue weighted by Crippen LogP contribution is -2.54. The second kappa shape index (κ2) is 7.35. The maximum Gasteiger partial charge on any atom is 0.261 e. The zero-order valence-corrected chi connectivity index (χ0v) is 14.8. The van der Waals surface area contributed by atoms with Gasteiger partial charge < -0.3 is 0 Å². The summed E-state index contributed by atoms with van der Waals surface area (Å²) in [6.45, 7) is 4.51. The van der Waals surface area contributed by atoms with E-state index in [1.54, 1.807) is 24.3 Å². The van der Waals surface area contributed by atoms with Gasteiger partial charge in [-0.15, -0.1) is 0 Å². The average molecular weight is 343 g/mol. The molecular formula is C19H25N3O3. The van der Waals surface area contributed by atoms with E-state index in [-0.39, 0.29) is 24.3 Å². The zero-order valence-electron chi connectivity index (χ0n) is 14.8. The van der Waals surface area contributed by atoms with E-state index in [4.69, 9.17) is 0 Å². The Bertz CT molecular complexity index is 643. The number of rotatable bonds is 5. The number of nitrogens with one attached hydrogen (secondary N) is 1. The number of benzene rings is 1. The van der Waals surface area contributed by atoms with Gasteiger partial charge in [-0.3, -0.25) is 24.7 Å². The summed E-state index contributed by atoms with van der Waals surface area (Å²) in [6.07, 6.45) is 4.12. The number of carbonyl (C=O) groups is 3. The van der Waals surface area contributed by atoms with Crippen LogP contribution in [0.3, 0.4) is 0 Å². The summed E-state index contributed by atoms with van der Waals surface area (Å²) in [5, 5.41) is 2.04. The zero-order chi connectivity index (χ0) is 18.0. The molecule has 3 rings (SSSR count). The molecular weight excluding hydrogens is 318 g/mol.